The lowest BCUT2D eigenvalue weighted by molar-refractivity contribution is 0.0601. The van der Waals surface area contributed by atoms with Gasteiger partial charge in [0.05, 0.1) is 28.9 Å². The Hall–Kier alpha value is -1.48. The zero-order valence-electron chi connectivity index (χ0n) is 15.1. The van der Waals surface area contributed by atoms with E-state index >= 15 is 0 Å². The lowest BCUT2D eigenvalue weighted by Crippen LogP contribution is -2.56. The number of esters is 1. The SMILES string of the molecule is COC(=O)c1ccccc1NC(=S)N[C@@H](NC(=O)c1ccc(Cl)cc1Cl)C(Cl)(Cl)Cl. The molecule has 1 amide bonds. The van der Waals surface area contributed by atoms with Crippen molar-refractivity contribution < 1.29 is 14.3 Å². The van der Waals surface area contributed by atoms with Gasteiger partial charge in [0, 0.05) is 5.02 Å². The summed E-state index contributed by atoms with van der Waals surface area (Å²) in [4.78, 5) is 24.5. The third kappa shape index (κ3) is 6.77. The average molecular weight is 530 g/mol. The molecule has 0 aliphatic carbocycles. The van der Waals surface area contributed by atoms with Gasteiger partial charge in [0.15, 0.2) is 5.11 Å². The van der Waals surface area contributed by atoms with Crippen molar-refractivity contribution >= 4 is 92.9 Å². The summed E-state index contributed by atoms with van der Waals surface area (Å²) >= 11 is 35.1. The molecule has 0 saturated heterocycles. The Morgan fingerprint density at radius 3 is 2.30 bits per heavy atom. The lowest BCUT2D eigenvalue weighted by Gasteiger charge is -2.28. The normalized spacial score (nSPS) is 11.9. The van der Waals surface area contributed by atoms with E-state index < -0.39 is 21.8 Å². The van der Waals surface area contributed by atoms with Crippen molar-refractivity contribution in [3.05, 3.63) is 63.6 Å². The van der Waals surface area contributed by atoms with Crippen molar-refractivity contribution in [1.82, 2.24) is 10.6 Å². The van der Waals surface area contributed by atoms with Gasteiger partial charge in [0.25, 0.3) is 5.91 Å². The van der Waals surface area contributed by atoms with Gasteiger partial charge in [0.2, 0.25) is 3.79 Å². The second kappa shape index (κ2) is 10.7. The number of carbonyl (C=O) groups is 2. The van der Waals surface area contributed by atoms with Crippen molar-refractivity contribution in [1.29, 1.82) is 0 Å². The average Bonchev–Trinajstić information content (AvgIpc) is 2.66. The highest BCUT2D eigenvalue weighted by Crippen LogP contribution is 2.30. The summed E-state index contributed by atoms with van der Waals surface area (Å²) < 4.78 is 2.75. The van der Waals surface area contributed by atoms with E-state index in [1.165, 1.54) is 25.3 Å². The third-order valence-electron chi connectivity index (χ3n) is 3.63. The van der Waals surface area contributed by atoms with Crippen molar-refractivity contribution in [3.63, 3.8) is 0 Å². The molecule has 0 spiro atoms. The number of benzene rings is 2. The van der Waals surface area contributed by atoms with E-state index in [0.717, 1.165) is 0 Å². The molecule has 2 aromatic carbocycles. The van der Waals surface area contributed by atoms with Crippen molar-refractivity contribution in [3.8, 4) is 0 Å². The molecule has 0 aliphatic heterocycles. The molecule has 0 heterocycles. The summed E-state index contributed by atoms with van der Waals surface area (Å²) in [5, 5.41) is 8.47. The van der Waals surface area contributed by atoms with Gasteiger partial charge >= 0.3 is 5.97 Å². The minimum Gasteiger partial charge on any atom is -0.465 e. The highest BCUT2D eigenvalue weighted by molar-refractivity contribution is 7.80. The van der Waals surface area contributed by atoms with E-state index in [1.54, 1.807) is 24.3 Å². The summed E-state index contributed by atoms with van der Waals surface area (Å²) in [5.41, 5.74) is 0.723. The molecule has 1 atom stereocenters. The first kappa shape index (κ1) is 24.8. The molecule has 2 rings (SSSR count). The second-order valence-corrected chi connectivity index (χ2v) is 9.33. The predicted molar refractivity (Wildman–Crippen MR) is 125 cm³/mol. The Labute approximate surface area is 203 Å². The zero-order chi connectivity index (χ0) is 22.5. The molecule has 6 nitrogen and oxygen atoms in total. The smallest absolute Gasteiger partial charge is 0.339 e. The molecule has 3 N–H and O–H groups in total. The molecule has 160 valence electrons. The number of carbonyl (C=O) groups excluding carboxylic acids is 2. The Morgan fingerprint density at radius 1 is 1.03 bits per heavy atom. The van der Waals surface area contributed by atoms with Gasteiger partial charge in [-0.2, -0.15) is 0 Å². The highest BCUT2D eigenvalue weighted by atomic mass is 35.6. The maximum atomic E-state index is 12.6. The van der Waals surface area contributed by atoms with Crippen LogP contribution in [0, 0.1) is 0 Å². The summed E-state index contributed by atoms with van der Waals surface area (Å²) in [6.07, 6.45) is -1.24. The zero-order valence-corrected chi connectivity index (χ0v) is 19.7. The number of ether oxygens (including phenoxy) is 1. The van der Waals surface area contributed by atoms with Gasteiger partial charge < -0.3 is 20.7 Å². The summed E-state index contributed by atoms with van der Waals surface area (Å²) in [6.45, 7) is 0. The van der Waals surface area contributed by atoms with E-state index in [9.17, 15) is 9.59 Å². The number of hydrogen-bond donors (Lipinski definition) is 3. The van der Waals surface area contributed by atoms with E-state index in [0.29, 0.717) is 10.7 Å². The first-order valence-electron chi connectivity index (χ1n) is 8.10. The largest absolute Gasteiger partial charge is 0.465 e. The van der Waals surface area contributed by atoms with Crippen molar-refractivity contribution in [2.24, 2.45) is 0 Å². The number of nitrogens with one attached hydrogen (secondary N) is 3. The van der Waals surface area contributed by atoms with Crippen LogP contribution in [0.3, 0.4) is 0 Å². The van der Waals surface area contributed by atoms with E-state index in [2.05, 4.69) is 16.0 Å². The number of rotatable bonds is 5. The van der Waals surface area contributed by atoms with Crippen LogP contribution in [0.2, 0.25) is 10.0 Å². The first-order valence-corrected chi connectivity index (χ1v) is 10.4. The van der Waals surface area contributed by atoms with Crippen molar-refractivity contribution in [2.75, 3.05) is 12.4 Å². The fraction of sp³-hybridized carbons (Fsp3) is 0.167. The molecular formula is C18H14Cl5N3O3S. The molecule has 30 heavy (non-hydrogen) atoms. The van der Waals surface area contributed by atoms with E-state index in [1.807, 2.05) is 0 Å². The number of thiocarbonyl (C=S) groups is 1. The van der Waals surface area contributed by atoms with Crippen LogP contribution in [-0.4, -0.2) is 34.1 Å². The number of amides is 1. The van der Waals surface area contributed by atoms with Crippen LogP contribution in [0.4, 0.5) is 5.69 Å². The highest BCUT2D eigenvalue weighted by Gasteiger charge is 2.35. The number of anilines is 1. The molecule has 0 saturated carbocycles. The maximum absolute atomic E-state index is 12.6. The number of para-hydroxylation sites is 1. The maximum Gasteiger partial charge on any atom is 0.339 e. The van der Waals surface area contributed by atoms with Crippen LogP contribution in [0.5, 0.6) is 0 Å². The number of hydrogen-bond acceptors (Lipinski definition) is 4. The summed E-state index contributed by atoms with van der Waals surface area (Å²) in [6, 6.07) is 10.8. The minimum absolute atomic E-state index is 0.0230. The molecule has 0 fully saturated rings. The molecule has 0 aliphatic rings. The number of alkyl halides is 3. The van der Waals surface area contributed by atoms with Crippen LogP contribution in [0.15, 0.2) is 42.5 Å². The third-order valence-corrected chi connectivity index (χ3v) is 5.06. The quantitative estimate of drug-likeness (QED) is 0.214. The van der Waals surface area contributed by atoms with Crippen LogP contribution >= 0.6 is 70.2 Å². The fourth-order valence-corrected chi connectivity index (χ4v) is 3.30. The molecule has 0 aromatic heterocycles. The van der Waals surface area contributed by atoms with Gasteiger partial charge in [-0.15, -0.1) is 0 Å². The Bertz CT molecular complexity index is 968. The summed E-state index contributed by atoms with van der Waals surface area (Å²) in [5.74, 6) is -1.19. The topological polar surface area (TPSA) is 79.5 Å². The summed E-state index contributed by atoms with van der Waals surface area (Å²) in [7, 11) is 1.26. The van der Waals surface area contributed by atoms with Crippen LogP contribution in [0.1, 0.15) is 20.7 Å². The first-order chi connectivity index (χ1) is 14.0. The molecular weight excluding hydrogens is 516 g/mol. The molecule has 0 unspecified atom stereocenters. The molecule has 0 bridgehead atoms. The van der Waals surface area contributed by atoms with Gasteiger partial charge in [0.1, 0.15) is 6.17 Å². The number of methoxy groups -OCH3 is 1. The number of halogens is 5. The van der Waals surface area contributed by atoms with Gasteiger partial charge in [-0.3, -0.25) is 4.79 Å². The van der Waals surface area contributed by atoms with Crippen LogP contribution in [0.25, 0.3) is 0 Å². The van der Waals surface area contributed by atoms with Crippen LogP contribution < -0.4 is 16.0 Å². The fourth-order valence-electron chi connectivity index (χ4n) is 2.25. The van der Waals surface area contributed by atoms with Crippen molar-refractivity contribution in [2.45, 2.75) is 9.96 Å². The second-order valence-electron chi connectivity index (χ2n) is 5.71. The molecule has 0 radical (unpaired) electrons. The minimum atomic E-state index is -1.98. The van der Waals surface area contributed by atoms with Gasteiger partial charge in [-0.25, -0.2) is 4.79 Å². The Morgan fingerprint density at radius 2 is 1.70 bits per heavy atom. The monoisotopic (exact) mass is 527 g/mol. The van der Waals surface area contributed by atoms with E-state index in [4.69, 9.17) is 75.0 Å². The molecule has 2 aromatic rings. The van der Waals surface area contributed by atoms with Gasteiger partial charge in [-0.1, -0.05) is 70.1 Å². The van der Waals surface area contributed by atoms with Gasteiger partial charge in [-0.05, 0) is 42.5 Å². The van der Waals surface area contributed by atoms with E-state index in [-0.39, 0.29) is 21.3 Å². The predicted octanol–water partition coefficient (Wildman–Crippen LogP) is 5.19. The Balaban J connectivity index is 2.16. The Kier molecular flexibility index (Phi) is 8.85. The van der Waals surface area contributed by atoms with Crippen LogP contribution in [-0.2, 0) is 4.74 Å². The standard InChI is InChI=1S/C18H14Cl5N3O3S/c1-29-15(28)11-4-2-3-5-13(11)24-17(30)26-16(18(21,22)23)25-14(27)10-7-6-9(19)8-12(10)20/h2-8,16H,1H3,(H,25,27)(H2,24,26,30)/t16-/m1/s1. The lowest BCUT2D eigenvalue weighted by atomic mass is 10.2. The molecule has 12 heteroatoms.